The number of sulfonamides is 1. The number of halogens is 3. The summed E-state index contributed by atoms with van der Waals surface area (Å²) in [5.74, 6) is -0.272. The van der Waals surface area contributed by atoms with Crippen LogP contribution < -0.4 is 10.0 Å². The Morgan fingerprint density at radius 3 is 1.81 bits per heavy atom. The quantitative estimate of drug-likeness (QED) is 0.897. The number of carbonyl (C=O) groups is 1. The number of hydrogen-bond acceptors (Lipinski definition) is 3. The van der Waals surface area contributed by atoms with Crippen molar-refractivity contribution in [2.45, 2.75) is 26.3 Å². The Hall–Kier alpha value is -1.77. The van der Waals surface area contributed by atoms with Gasteiger partial charge in [-0.1, -0.05) is 20.8 Å². The molecule has 118 valence electrons. The maximum absolute atomic E-state index is 12.2. The topological polar surface area (TPSA) is 75.3 Å². The van der Waals surface area contributed by atoms with Crippen LogP contribution in [0.1, 0.15) is 20.8 Å². The first-order valence-corrected chi connectivity index (χ1v) is 7.32. The standard InChI is InChI=1S/C12H15F3N2O3S/c1-11(2,3)10(18)16-8-4-6-9(7-5-8)17-21(19,20)12(13,14)15/h4-7,17H,1-3H3,(H,16,18). The van der Waals surface area contributed by atoms with Crippen molar-refractivity contribution in [2.24, 2.45) is 5.41 Å². The second-order valence-corrected chi connectivity index (χ2v) is 7.01. The normalized spacial score (nSPS) is 12.9. The van der Waals surface area contributed by atoms with E-state index in [1.807, 2.05) is 0 Å². The monoisotopic (exact) mass is 324 g/mol. The highest BCUT2D eigenvalue weighted by Crippen LogP contribution is 2.26. The van der Waals surface area contributed by atoms with Crippen molar-refractivity contribution in [3.8, 4) is 0 Å². The molecule has 0 atom stereocenters. The van der Waals surface area contributed by atoms with Crippen LogP contribution in [0.3, 0.4) is 0 Å². The van der Waals surface area contributed by atoms with Gasteiger partial charge in [-0.15, -0.1) is 0 Å². The number of nitrogens with one attached hydrogen (secondary N) is 2. The molecule has 21 heavy (non-hydrogen) atoms. The summed E-state index contributed by atoms with van der Waals surface area (Å²) < 4.78 is 59.8. The Balaban J connectivity index is 2.83. The Morgan fingerprint density at radius 1 is 1.00 bits per heavy atom. The molecule has 9 heteroatoms. The van der Waals surface area contributed by atoms with E-state index >= 15 is 0 Å². The maximum atomic E-state index is 12.2. The molecule has 0 spiro atoms. The zero-order chi connectivity index (χ0) is 16.5. The molecule has 0 saturated heterocycles. The lowest BCUT2D eigenvalue weighted by Crippen LogP contribution is -2.30. The van der Waals surface area contributed by atoms with E-state index in [1.165, 1.54) is 16.9 Å². The summed E-state index contributed by atoms with van der Waals surface area (Å²) in [6, 6.07) is 4.86. The van der Waals surface area contributed by atoms with Crippen LogP contribution in [0.15, 0.2) is 24.3 Å². The molecular formula is C12H15F3N2O3S. The van der Waals surface area contributed by atoms with Gasteiger partial charge in [0.05, 0.1) is 0 Å². The van der Waals surface area contributed by atoms with Gasteiger partial charge in [0.25, 0.3) is 0 Å². The van der Waals surface area contributed by atoms with Crippen LogP contribution in [0.2, 0.25) is 0 Å². The highest BCUT2D eigenvalue weighted by molar-refractivity contribution is 7.93. The van der Waals surface area contributed by atoms with E-state index in [1.54, 1.807) is 20.8 Å². The molecule has 0 aromatic heterocycles. The first-order chi connectivity index (χ1) is 9.33. The van der Waals surface area contributed by atoms with Crippen molar-refractivity contribution in [2.75, 3.05) is 10.0 Å². The van der Waals surface area contributed by atoms with Crippen LogP contribution in [0.5, 0.6) is 0 Å². The van der Waals surface area contributed by atoms with Crippen molar-refractivity contribution in [3.05, 3.63) is 24.3 Å². The van der Waals surface area contributed by atoms with Gasteiger partial charge in [-0.25, -0.2) is 0 Å². The molecule has 1 aromatic carbocycles. The summed E-state index contributed by atoms with van der Waals surface area (Å²) >= 11 is 0. The lowest BCUT2D eigenvalue weighted by Gasteiger charge is -2.18. The first-order valence-electron chi connectivity index (χ1n) is 5.83. The molecule has 0 bridgehead atoms. The van der Waals surface area contributed by atoms with E-state index in [-0.39, 0.29) is 11.6 Å². The SMILES string of the molecule is CC(C)(C)C(=O)Nc1ccc(NS(=O)(=O)C(F)(F)F)cc1. The molecule has 0 unspecified atom stereocenters. The second-order valence-electron chi connectivity index (χ2n) is 5.33. The Bertz CT molecular complexity index is 617. The summed E-state index contributed by atoms with van der Waals surface area (Å²) in [6.45, 7) is 5.11. The third-order valence-corrected chi connectivity index (χ3v) is 3.49. The lowest BCUT2D eigenvalue weighted by molar-refractivity contribution is -0.123. The lowest BCUT2D eigenvalue weighted by atomic mass is 9.95. The van der Waals surface area contributed by atoms with Crippen LogP contribution >= 0.6 is 0 Å². The summed E-state index contributed by atoms with van der Waals surface area (Å²) in [5.41, 5.74) is -5.91. The number of carbonyl (C=O) groups excluding carboxylic acids is 1. The fourth-order valence-corrected chi connectivity index (χ4v) is 1.72. The average molecular weight is 324 g/mol. The summed E-state index contributed by atoms with van der Waals surface area (Å²) in [6.07, 6.45) is 0. The van der Waals surface area contributed by atoms with E-state index in [9.17, 15) is 26.4 Å². The molecule has 0 aliphatic carbocycles. The van der Waals surface area contributed by atoms with Crippen LogP contribution in [-0.2, 0) is 14.8 Å². The molecule has 0 saturated carbocycles. The molecule has 1 aromatic rings. The minimum atomic E-state index is -5.45. The molecule has 1 amide bonds. The van der Waals surface area contributed by atoms with Crippen molar-refractivity contribution < 1.29 is 26.4 Å². The van der Waals surface area contributed by atoms with Crippen molar-refractivity contribution in [3.63, 3.8) is 0 Å². The van der Waals surface area contributed by atoms with E-state index in [0.717, 1.165) is 12.1 Å². The number of anilines is 2. The third-order valence-electron chi connectivity index (χ3n) is 2.38. The molecule has 0 aliphatic rings. The third kappa shape index (κ3) is 4.62. The minimum Gasteiger partial charge on any atom is -0.326 e. The van der Waals surface area contributed by atoms with Crippen LogP contribution in [-0.4, -0.2) is 19.8 Å². The zero-order valence-electron chi connectivity index (χ0n) is 11.6. The molecular weight excluding hydrogens is 309 g/mol. The number of benzene rings is 1. The predicted octanol–water partition coefficient (Wildman–Crippen LogP) is 2.93. The first kappa shape index (κ1) is 17.3. The number of rotatable bonds is 3. The van der Waals surface area contributed by atoms with Crippen molar-refractivity contribution in [1.29, 1.82) is 0 Å². The van der Waals surface area contributed by atoms with Crippen LogP contribution in [0.4, 0.5) is 24.5 Å². The summed E-state index contributed by atoms with van der Waals surface area (Å²) in [5, 5.41) is 2.56. The van der Waals surface area contributed by atoms with Gasteiger partial charge >= 0.3 is 15.5 Å². The zero-order valence-corrected chi connectivity index (χ0v) is 12.4. The Morgan fingerprint density at radius 2 is 1.43 bits per heavy atom. The van der Waals surface area contributed by atoms with Crippen LogP contribution in [0.25, 0.3) is 0 Å². The van der Waals surface area contributed by atoms with Gasteiger partial charge in [0.15, 0.2) is 0 Å². The maximum Gasteiger partial charge on any atom is 0.516 e. The van der Waals surface area contributed by atoms with Gasteiger partial charge in [-0.3, -0.25) is 9.52 Å². The largest absolute Gasteiger partial charge is 0.516 e. The molecule has 0 fully saturated rings. The van der Waals surface area contributed by atoms with Gasteiger partial charge < -0.3 is 5.32 Å². The van der Waals surface area contributed by atoms with Crippen molar-refractivity contribution >= 4 is 27.3 Å². The Kier molecular flexibility index (Phi) is 4.57. The summed E-state index contributed by atoms with van der Waals surface area (Å²) in [7, 11) is -5.45. The minimum absolute atomic E-state index is 0.249. The van der Waals surface area contributed by atoms with Gasteiger partial charge in [0, 0.05) is 16.8 Å². The van der Waals surface area contributed by atoms with E-state index in [4.69, 9.17) is 0 Å². The fourth-order valence-electron chi connectivity index (χ4n) is 1.15. The van der Waals surface area contributed by atoms with Gasteiger partial charge in [0.2, 0.25) is 5.91 Å². The molecule has 1 rings (SSSR count). The van der Waals surface area contributed by atoms with Crippen LogP contribution in [0, 0.1) is 5.41 Å². The van der Waals surface area contributed by atoms with E-state index in [0.29, 0.717) is 5.69 Å². The van der Waals surface area contributed by atoms with Gasteiger partial charge in [0.1, 0.15) is 0 Å². The van der Waals surface area contributed by atoms with Gasteiger partial charge in [-0.05, 0) is 24.3 Å². The number of hydrogen-bond donors (Lipinski definition) is 2. The number of amides is 1. The highest BCUT2D eigenvalue weighted by atomic mass is 32.2. The van der Waals surface area contributed by atoms with Crippen molar-refractivity contribution in [1.82, 2.24) is 0 Å². The Labute approximate surface area is 120 Å². The second kappa shape index (κ2) is 5.55. The molecule has 5 nitrogen and oxygen atoms in total. The molecule has 0 aliphatic heterocycles. The highest BCUT2D eigenvalue weighted by Gasteiger charge is 2.46. The fraction of sp³-hybridized carbons (Fsp3) is 0.417. The average Bonchev–Trinajstić information content (AvgIpc) is 2.28. The molecule has 0 heterocycles. The predicted molar refractivity (Wildman–Crippen MR) is 73.1 cm³/mol. The van der Waals surface area contributed by atoms with E-state index in [2.05, 4.69) is 5.32 Å². The summed E-state index contributed by atoms with van der Waals surface area (Å²) in [4.78, 5) is 11.7. The smallest absolute Gasteiger partial charge is 0.326 e. The van der Waals surface area contributed by atoms with E-state index < -0.39 is 20.9 Å². The number of alkyl halides is 3. The molecule has 2 N–H and O–H groups in total. The molecule has 0 radical (unpaired) electrons. The van der Waals surface area contributed by atoms with Gasteiger partial charge in [-0.2, -0.15) is 21.6 Å².